The van der Waals surface area contributed by atoms with Gasteiger partial charge in [0.15, 0.2) is 4.96 Å². The number of rotatable bonds is 6. The lowest BCUT2D eigenvalue weighted by Crippen LogP contribution is -2.39. The van der Waals surface area contributed by atoms with Crippen LogP contribution in [0.3, 0.4) is 0 Å². The van der Waals surface area contributed by atoms with Gasteiger partial charge in [-0.3, -0.25) is 9.30 Å². The number of nitrogens with zero attached hydrogens (tertiary/aromatic N) is 5. The molecule has 2 bridgehead atoms. The van der Waals surface area contributed by atoms with Crippen LogP contribution in [0.15, 0.2) is 53.2 Å². The molecule has 6 heterocycles. The second-order valence-electron chi connectivity index (χ2n) is 10.9. The Balaban J connectivity index is 1.06. The van der Waals surface area contributed by atoms with Gasteiger partial charge in [0, 0.05) is 54.0 Å². The molecule has 0 saturated carbocycles. The number of hydrogen-bond acceptors (Lipinski definition) is 8. The van der Waals surface area contributed by atoms with E-state index in [9.17, 15) is 0 Å². The molecule has 0 N–H and O–H groups in total. The number of imidazole rings is 1. The number of aromatic nitrogens is 4. The predicted molar refractivity (Wildman–Crippen MR) is 143 cm³/mol. The zero-order valence-electron chi connectivity index (χ0n) is 21.2. The smallest absolute Gasteiger partial charge is 0.214 e. The van der Waals surface area contributed by atoms with Crippen molar-refractivity contribution in [2.24, 2.45) is 0 Å². The van der Waals surface area contributed by atoms with E-state index in [0.717, 1.165) is 69.7 Å². The van der Waals surface area contributed by atoms with Crippen LogP contribution in [0.25, 0.3) is 37.8 Å². The van der Waals surface area contributed by atoms with Crippen molar-refractivity contribution in [2.45, 2.75) is 44.8 Å². The maximum atomic E-state index is 5.99. The molecule has 0 spiro atoms. The molecule has 0 amide bonds. The zero-order valence-corrected chi connectivity index (χ0v) is 22.0. The lowest BCUT2D eigenvalue weighted by Gasteiger charge is -2.26. The van der Waals surface area contributed by atoms with Crippen molar-refractivity contribution >= 4 is 26.6 Å². The van der Waals surface area contributed by atoms with Gasteiger partial charge < -0.3 is 14.0 Å². The summed E-state index contributed by atoms with van der Waals surface area (Å²) in [5.41, 5.74) is 4.83. The molecule has 190 valence electrons. The molecule has 4 aromatic heterocycles. The molecular formula is C28H29N5O3S. The molecule has 2 aliphatic rings. The second-order valence-corrected chi connectivity index (χ2v) is 11.9. The Morgan fingerprint density at radius 2 is 1.86 bits per heavy atom. The van der Waals surface area contributed by atoms with Gasteiger partial charge in [0.05, 0.1) is 23.9 Å². The van der Waals surface area contributed by atoms with Gasteiger partial charge in [0.1, 0.15) is 22.9 Å². The van der Waals surface area contributed by atoms with Gasteiger partial charge in [-0.1, -0.05) is 61.5 Å². The van der Waals surface area contributed by atoms with Crippen LogP contribution in [0, 0.1) is 0 Å². The number of thiazole rings is 1. The summed E-state index contributed by atoms with van der Waals surface area (Å²) in [4.78, 5) is 13.9. The maximum absolute atomic E-state index is 5.99. The topological polar surface area (TPSA) is 77.9 Å². The molecular weight excluding hydrogens is 486 g/mol. The lowest BCUT2D eigenvalue weighted by atomic mass is 9.93. The predicted octanol–water partition coefficient (Wildman–Crippen LogP) is 5.42. The fourth-order valence-corrected chi connectivity index (χ4v) is 6.16. The summed E-state index contributed by atoms with van der Waals surface area (Å²) in [5.74, 6) is 1.54. The van der Waals surface area contributed by atoms with Crippen molar-refractivity contribution in [1.29, 1.82) is 0 Å². The first kappa shape index (κ1) is 22.9. The highest BCUT2D eigenvalue weighted by molar-refractivity contribution is 7.23. The minimum Gasteiger partial charge on any atom is -0.476 e. The Labute approximate surface area is 218 Å². The van der Waals surface area contributed by atoms with E-state index in [1.54, 1.807) is 11.3 Å². The maximum Gasteiger partial charge on any atom is 0.214 e. The number of ether oxygens (including phenoxy) is 2. The molecule has 5 aromatic rings. The molecule has 37 heavy (non-hydrogen) atoms. The van der Waals surface area contributed by atoms with Gasteiger partial charge >= 0.3 is 0 Å². The Hall–Kier alpha value is -3.27. The summed E-state index contributed by atoms with van der Waals surface area (Å²) in [6, 6.07) is 14.9. The zero-order chi connectivity index (χ0) is 25.1. The van der Waals surface area contributed by atoms with Crippen molar-refractivity contribution in [2.75, 3.05) is 26.3 Å². The van der Waals surface area contributed by atoms with Crippen LogP contribution in [0.5, 0.6) is 5.88 Å². The molecule has 0 radical (unpaired) electrons. The van der Waals surface area contributed by atoms with E-state index in [2.05, 4.69) is 71.8 Å². The first-order chi connectivity index (χ1) is 17.9. The van der Waals surface area contributed by atoms with Crippen LogP contribution < -0.4 is 4.74 Å². The van der Waals surface area contributed by atoms with Crippen molar-refractivity contribution in [3.63, 3.8) is 0 Å². The molecule has 0 unspecified atom stereocenters. The molecule has 2 atom stereocenters. The SMILES string of the molecule is CC(C)(C)c1cc(-c2ccc(-c3cn4c(n3)sc3nc(OCCN5C[C@@H]6C[C@H]5CO6)ccc34)cc2)no1. The van der Waals surface area contributed by atoms with Gasteiger partial charge in [0.25, 0.3) is 0 Å². The Kier molecular flexibility index (Phi) is 5.35. The molecule has 1 aromatic carbocycles. The number of hydrogen-bond donors (Lipinski definition) is 0. The number of likely N-dealkylation sites (tertiary alicyclic amines) is 1. The Bertz CT molecular complexity index is 1580. The summed E-state index contributed by atoms with van der Waals surface area (Å²) in [7, 11) is 0. The number of fused-ring (bicyclic) bond motifs is 5. The van der Waals surface area contributed by atoms with Crippen LogP contribution >= 0.6 is 11.3 Å². The van der Waals surface area contributed by atoms with Gasteiger partial charge in [-0.2, -0.15) is 0 Å². The van der Waals surface area contributed by atoms with E-state index >= 15 is 0 Å². The molecule has 2 aliphatic heterocycles. The highest BCUT2D eigenvalue weighted by Crippen LogP contribution is 2.32. The third-order valence-corrected chi connectivity index (χ3v) is 8.27. The van der Waals surface area contributed by atoms with Gasteiger partial charge in [-0.25, -0.2) is 9.97 Å². The minimum atomic E-state index is -0.0684. The summed E-state index contributed by atoms with van der Waals surface area (Å²) in [5, 5.41) is 4.25. The molecule has 8 nitrogen and oxygen atoms in total. The fourth-order valence-electron chi connectivity index (χ4n) is 5.19. The van der Waals surface area contributed by atoms with E-state index in [1.807, 2.05) is 12.1 Å². The van der Waals surface area contributed by atoms with Crippen LogP contribution in [-0.4, -0.2) is 62.9 Å². The third kappa shape index (κ3) is 4.21. The number of morpholine rings is 1. The van der Waals surface area contributed by atoms with E-state index in [-0.39, 0.29) is 5.41 Å². The summed E-state index contributed by atoms with van der Waals surface area (Å²) in [6.45, 7) is 9.78. The molecule has 7 rings (SSSR count). The first-order valence-electron chi connectivity index (χ1n) is 12.8. The molecule has 9 heteroatoms. The van der Waals surface area contributed by atoms with Crippen molar-refractivity contribution in [3.8, 4) is 28.4 Å². The minimum absolute atomic E-state index is 0.0684. The van der Waals surface area contributed by atoms with Crippen molar-refractivity contribution in [1.82, 2.24) is 24.4 Å². The summed E-state index contributed by atoms with van der Waals surface area (Å²) >= 11 is 1.58. The van der Waals surface area contributed by atoms with E-state index < -0.39 is 0 Å². The van der Waals surface area contributed by atoms with Crippen LogP contribution in [0.4, 0.5) is 0 Å². The number of benzene rings is 1. The van der Waals surface area contributed by atoms with Gasteiger partial charge in [0.2, 0.25) is 5.88 Å². The normalized spacial score (nSPS) is 20.0. The van der Waals surface area contributed by atoms with Crippen molar-refractivity contribution < 1.29 is 14.0 Å². The highest BCUT2D eigenvalue weighted by atomic mass is 32.1. The highest BCUT2D eigenvalue weighted by Gasteiger charge is 2.38. The standard InChI is InChI=1S/C28H29N5O3S/c1-28(2,3)24-13-21(31-36-24)17-4-6-18(7-5-17)22-15-33-23-8-9-25(30-26(23)37-27(33)29-22)34-11-10-32-14-20-12-19(32)16-35-20/h4-9,13,15,19-20H,10-12,14,16H2,1-3H3/t19-,20-/m0/s1. The first-order valence-corrected chi connectivity index (χ1v) is 13.6. The molecule has 2 saturated heterocycles. The molecule has 2 fully saturated rings. The Morgan fingerprint density at radius 3 is 2.57 bits per heavy atom. The van der Waals surface area contributed by atoms with E-state index in [4.69, 9.17) is 24.0 Å². The average molecular weight is 516 g/mol. The van der Waals surface area contributed by atoms with Crippen LogP contribution in [-0.2, 0) is 10.2 Å². The lowest BCUT2D eigenvalue weighted by molar-refractivity contribution is 0.0256. The van der Waals surface area contributed by atoms with Gasteiger partial charge in [-0.05, 0) is 12.5 Å². The average Bonchev–Trinajstić information content (AvgIpc) is 3.70. The molecule has 0 aliphatic carbocycles. The monoisotopic (exact) mass is 515 g/mol. The second kappa shape index (κ2) is 8.65. The van der Waals surface area contributed by atoms with Crippen LogP contribution in [0.2, 0.25) is 0 Å². The van der Waals surface area contributed by atoms with Crippen LogP contribution in [0.1, 0.15) is 33.0 Å². The van der Waals surface area contributed by atoms with Gasteiger partial charge in [-0.15, -0.1) is 0 Å². The van der Waals surface area contributed by atoms with E-state index in [0.29, 0.717) is 24.6 Å². The third-order valence-electron chi connectivity index (χ3n) is 7.30. The number of pyridine rings is 1. The summed E-state index contributed by atoms with van der Waals surface area (Å²) < 4.78 is 19.3. The largest absolute Gasteiger partial charge is 0.476 e. The van der Waals surface area contributed by atoms with E-state index in [1.165, 1.54) is 0 Å². The van der Waals surface area contributed by atoms with Crippen molar-refractivity contribution in [3.05, 3.63) is 54.4 Å². The fraction of sp³-hybridized carbons (Fsp3) is 0.393. The Morgan fingerprint density at radius 1 is 1.05 bits per heavy atom. The summed E-state index contributed by atoms with van der Waals surface area (Å²) in [6.07, 6.45) is 3.65. The quantitative estimate of drug-likeness (QED) is 0.299.